The van der Waals surface area contributed by atoms with Gasteiger partial charge in [0.2, 0.25) is 10.0 Å². The smallest absolute Gasteiger partial charge is 0.264 e. The van der Waals surface area contributed by atoms with Crippen LogP contribution in [-0.4, -0.2) is 64.1 Å². The molecule has 1 N–H and O–H groups in total. The molecule has 0 unspecified atom stereocenters. The van der Waals surface area contributed by atoms with Crippen LogP contribution in [0.3, 0.4) is 0 Å². The van der Waals surface area contributed by atoms with Crippen molar-refractivity contribution < 1.29 is 31.8 Å². The first-order valence-electron chi connectivity index (χ1n) is 18.4. The minimum atomic E-state index is -3.99. The van der Waals surface area contributed by atoms with E-state index in [-0.39, 0.29) is 28.7 Å². The van der Waals surface area contributed by atoms with E-state index in [4.69, 9.17) is 35.2 Å². The number of nitrogens with zero attached hydrogens (tertiary/aromatic N) is 2. The molecular formula is C40H50ClN3O7S. The Hall–Kier alpha value is -3.38. The van der Waals surface area contributed by atoms with E-state index >= 15 is 0 Å². The summed E-state index contributed by atoms with van der Waals surface area (Å²) >= 11 is 6.48. The van der Waals surface area contributed by atoms with E-state index in [0.717, 1.165) is 54.3 Å². The Morgan fingerprint density at radius 1 is 1.13 bits per heavy atom. The number of sulfonamides is 1. The lowest BCUT2D eigenvalue weighted by molar-refractivity contribution is -0.0777. The summed E-state index contributed by atoms with van der Waals surface area (Å²) in [4.78, 5) is 20.8. The number of halogens is 1. The first kappa shape index (κ1) is 37.0. The highest BCUT2D eigenvalue weighted by atomic mass is 35.5. The highest BCUT2D eigenvalue weighted by Gasteiger charge is 2.50. The van der Waals surface area contributed by atoms with Gasteiger partial charge in [-0.15, -0.1) is 0 Å². The Morgan fingerprint density at radius 2 is 1.96 bits per heavy atom. The lowest BCUT2D eigenvalue weighted by Gasteiger charge is -2.50. The maximum Gasteiger partial charge on any atom is 0.264 e. The number of carbonyl (C=O) groups is 1. The van der Waals surface area contributed by atoms with Crippen LogP contribution in [0.4, 0.5) is 5.69 Å². The molecule has 0 radical (unpaired) electrons. The monoisotopic (exact) mass is 751 g/mol. The molecule has 1 spiro atoms. The Labute approximate surface area is 312 Å². The van der Waals surface area contributed by atoms with Crippen molar-refractivity contribution >= 4 is 33.2 Å². The molecule has 10 nitrogen and oxygen atoms in total. The van der Waals surface area contributed by atoms with Gasteiger partial charge in [-0.1, -0.05) is 36.7 Å². The minimum absolute atomic E-state index is 0.115. The van der Waals surface area contributed by atoms with Gasteiger partial charge in [0.25, 0.3) is 5.91 Å². The van der Waals surface area contributed by atoms with Crippen LogP contribution in [0.1, 0.15) is 84.8 Å². The summed E-state index contributed by atoms with van der Waals surface area (Å²) < 4.78 is 54.3. The van der Waals surface area contributed by atoms with Gasteiger partial charge in [-0.25, -0.2) is 18.1 Å². The van der Waals surface area contributed by atoms with Crippen molar-refractivity contribution in [3.63, 3.8) is 0 Å². The first-order chi connectivity index (χ1) is 24.9. The highest BCUT2D eigenvalue weighted by Crippen LogP contribution is 2.50. The molecule has 3 heterocycles. The minimum Gasteiger partial charge on any atom is -0.490 e. The molecule has 4 aliphatic rings. The average Bonchev–Trinajstić information content (AvgIpc) is 3.36. The molecule has 0 saturated heterocycles. The van der Waals surface area contributed by atoms with Gasteiger partial charge >= 0.3 is 0 Å². The second kappa shape index (κ2) is 14.5. The molecule has 1 fully saturated rings. The van der Waals surface area contributed by atoms with E-state index < -0.39 is 26.8 Å². The molecule has 280 valence electrons. The van der Waals surface area contributed by atoms with Gasteiger partial charge in [-0.2, -0.15) is 0 Å². The Bertz CT molecular complexity index is 1960. The van der Waals surface area contributed by atoms with Crippen molar-refractivity contribution in [2.24, 2.45) is 17.8 Å². The lowest BCUT2D eigenvalue weighted by atomic mass is 9.63. The lowest BCUT2D eigenvalue weighted by Crippen LogP contribution is -2.54. The number of oxazole rings is 1. The maximum absolute atomic E-state index is 13.6. The van der Waals surface area contributed by atoms with E-state index in [0.29, 0.717) is 50.8 Å². The number of aromatic nitrogens is 1. The summed E-state index contributed by atoms with van der Waals surface area (Å²) in [6.45, 7) is 7.64. The van der Waals surface area contributed by atoms with Crippen molar-refractivity contribution in [1.29, 1.82) is 0 Å². The van der Waals surface area contributed by atoms with Gasteiger partial charge in [-0.05, 0) is 112 Å². The molecule has 6 atom stereocenters. The topological polar surface area (TPSA) is 120 Å². The standard InChI is InChI=1S/C40H50ClN3O7S/c1-25-8-6-17-40(49-5,20-37-42-34(22-48-4)26(2)51-37)33-13-10-30(33)21-44-23-39(16-7-9-28-18-31(41)12-14-32(28)39)24-50-36-15-11-29(19-35(36)44)38(45)43-52(46,47)27(25)3/h6,11-12,14-15,17-19,25,27,30,33H,7-10,13,16,20-24H2,1-5H3,(H,43,45)/b17-6+/t25-,27+,30-,33+,39-,40+/m0/s1. The van der Waals surface area contributed by atoms with E-state index in [1.165, 1.54) is 11.1 Å². The number of ether oxygens (including phenoxy) is 3. The molecule has 3 aromatic rings. The summed E-state index contributed by atoms with van der Waals surface area (Å²) in [5.41, 5.74) is 3.26. The number of nitrogens with one attached hydrogen (secondary N) is 1. The van der Waals surface area contributed by atoms with Crippen LogP contribution in [0.2, 0.25) is 5.02 Å². The number of fused-ring (bicyclic) bond motifs is 4. The fourth-order valence-electron chi connectivity index (χ4n) is 8.91. The normalized spacial score (nSPS) is 30.7. The zero-order valence-electron chi connectivity index (χ0n) is 30.7. The summed E-state index contributed by atoms with van der Waals surface area (Å²) in [5, 5.41) is -0.0985. The largest absolute Gasteiger partial charge is 0.490 e. The van der Waals surface area contributed by atoms with Crippen LogP contribution in [-0.2, 0) is 44.4 Å². The van der Waals surface area contributed by atoms with Crippen LogP contribution in [0, 0.1) is 24.7 Å². The maximum atomic E-state index is 13.6. The van der Waals surface area contributed by atoms with Gasteiger partial charge in [-0.3, -0.25) is 4.79 Å². The van der Waals surface area contributed by atoms with Crippen molar-refractivity contribution in [2.75, 3.05) is 38.8 Å². The number of aryl methyl sites for hydroxylation is 2. The molecule has 52 heavy (non-hydrogen) atoms. The van der Waals surface area contributed by atoms with Crippen molar-refractivity contribution in [3.8, 4) is 5.75 Å². The van der Waals surface area contributed by atoms with Gasteiger partial charge in [0.15, 0.2) is 5.89 Å². The van der Waals surface area contributed by atoms with E-state index in [1.807, 2.05) is 32.1 Å². The third-order valence-corrected chi connectivity index (χ3v) is 14.4. The van der Waals surface area contributed by atoms with E-state index in [9.17, 15) is 13.2 Å². The van der Waals surface area contributed by atoms with Gasteiger partial charge in [0.05, 0.1) is 36.2 Å². The number of anilines is 1. The second-order valence-electron chi connectivity index (χ2n) is 15.4. The second-order valence-corrected chi connectivity index (χ2v) is 17.9. The molecule has 2 bridgehead atoms. The van der Waals surface area contributed by atoms with Gasteiger partial charge < -0.3 is 23.5 Å². The zero-order chi connectivity index (χ0) is 36.8. The number of hydrogen-bond acceptors (Lipinski definition) is 9. The third kappa shape index (κ3) is 6.90. The first-order valence-corrected chi connectivity index (χ1v) is 20.3. The molecule has 1 aromatic heterocycles. The van der Waals surface area contributed by atoms with E-state index in [1.54, 1.807) is 33.3 Å². The van der Waals surface area contributed by atoms with Crippen LogP contribution in [0.5, 0.6) is 5.75 Å². The van der Waals surface area contributed by atoms with Crippen LogP contribution >= 0.6 is 11.6 Å². The predicted molar refractivity (Wildman–Crippen MR) is 201 cm³/mol. The molecule has 2 aliphatic heterocycles. The van der Waals surface area contributed by atoms with Crippen LogP contribution in [0.25, 0.3) is 0 Å². The molecule has 2 aromatic carbocycles. The quantitative estimate of drug-likeness (QED) is 0.276. The summed E-state index contributed by atoms with van der Waals surface area (Å²) in [7, 11) is -0.606. The average molecular weight is 752 g/mol. The summed E-state index contributed by atoms with van der Waals surface area (Å²) in [6, 6.07) is 11.5. The van der Waals surface area contributed by atoms with Crippen molar-refractivity contribution in [1.82, 2.24) is 9.71 Å². The Morgan fingerprint density at radius 3 is 2.71 bits per heavy atom. The highest BCUT2D eigenvalue weighted by molar-refractivity contribution is 7.90. The molecule has 2 aliphatic carbocycles. The summed E-state index contributed by atoms with van der Waals surface area (Å²) in [6.07, 6.45) is 9.90. The Balaban J connectivity index is 1.33. The number of benzene rings is 2. The zero-order valence-corrected chi connectivity index (χ0v) is 32.3. The number of rotatable bonds is 5. The van der Waals surface area contributed by atoms with Gasteiger partial charge in [0, 0.05) is 43.3 Å². The van der Waals surface area contributed by atoms with E-state index in [2.05, 4.69) is 27.8 Å². The third-order valence-electron chi connectivity index (χ3n) is 12.3. The predicted octanol–water partition coefficient (Wildman–Crippen LogP) is 6.95. The molecule has 1 amide bonds. The number of methoxy groups -OCH3 is 2. The number of allylic oxidation sites excluding steroid dienone is 1. The fourth-order valence-corrected chi connectivity index (χ4v) is 10.4. The van der Waals surface area contributed by atoms with Crippen molar-refractivity contribution in [2.45, 2.75) is 88.6 Å². The number of amides is 1. The van der Waals surface area contributed by atoms with Gasteiger partial charge in [0.1, 0.15) is 17.2 Å². The van der Waals surface area contributed by atoms with Crippen LogP contribution < -0.4 is 14.4 Å². The SMILES string of the molecule is COCc1nc(C[C@]2(OC)/C=C/C[C@H](C)[C@@H](C)S(=O)(=O)NC(=O)c3ccc4c(c3)N(C[C@@H]3CC[C@H]32)C[C@@]2(CCCc3cc(Cl)ccc32)CO4)oc1C. The Kier molecular flexibility index (Phi) is 10.3. The molecule has 1 saturated carbocycles. The fraction of sp³-hybridized carbons (Fsp3) is 0.550. The van der Waals surface area contributed by atoms with Crippen LogP contribution in [0.15, 0.2) is 53.0 Å². The molecule has 12 heteroatoms. The molecular weight excluding hydrogens is 702 g/mol. The molecule has 7 rings (SSSR count). The number of hydrogen-bond donors (Lipinski definition) is 1. The van der Waals surface area contributed by atoms with Crippen molar-refractivity contribution in [3.05, 3.63) is 87.6 Å². The number of carbonyl (C=O) groups excluding carboxylic acids is 1. The summed E-state index contributed by atoms with van der Waals surface area (Å²) in [5.74, 6) is 1.40.